The Morgan fingerprint density at radius 2 is 2.43 bits per heavy atom. The Labute approximate surface area is 85.7 Å². The summed E-state index contributed by atoms with van der Waals surface area (Å²) in [5.74, 6) is 0.562. The van der Waals surface area contributed by atoms with E-state index in [2.05, 4.69) is 16.4 Å². The van der Waals surface area contributed by atoms with E-state index in [4.69, 9.17) is 5.73 Å². The van der Waals surface area contributed by atoms with Crippen molar-refractivity contribution in [2.75, 3.05) is 20.1 Å². The SMILES string of the molecule is CNCCC(CN)Cc1cccnc1. The molecule has 14 heavy (non-hydrogen) atoms. The molecule has 1 atom stereocenters. The summed E-state index contributed by atoms with van der Waals surface area (Å²) in [5, 5.41) is 3.15. The zero-order valence-corrected chi connectivity index (χ0v) is 8.74. The lowest BCUT2D eigenvalue weighted by Crippen LogP contribution is -2.21. The highest BCUT2D eigenvalue weighted by Gasteiger charge is 2.06. The fraction of sp³-hybridized carbons (Fsp3) is 0.545. The topological polar surface area (TPSA) is 50.9 Å². The van der Waals surface area contributed by atoms with Crippen molar-refractivity contribution in [3.05, 3.63) is 30.1 Å². The second-order valence-electron chi connectivity index (χ2n) is 3.56. The smallest absolute Gasteiger partial charge is 0.0299 e. The van der Waals surface area contributed by atoms with Gasteiger partial charge in [0.2, 0.25) is 0 Å². The molecule has 1 aromatic rings. The van der Waals surface area contributed by atoms with E-state index in [1.807, 2.05) is 19.3 Å². The Balaban J connectivity index is 2.40. The molecule has 0 saturated heterocycles. The molecule has 0 bridgehead atoms. The van der Waals surface area contributed by atoms with E-state index in [0.717, 1.165) is 25.9 Å². The van der Waals surface area contributed by atoms with Crippen molar-refractivity contribution >= 4 is 0 Å². The number of nitrogens with zero attached hydrogens (tertiary/aromatic N) is 1. The predicted octanol–water partition coefficient (Wildman–Crippen LogP) is 0.808. The van der Waals surface area contributed by atoms with Crippen molar-refractivity contribution in [2.24, 2.45) is 11.7 Å². The summed E-state index contributed by atoms with van der Waals surface area (Å²) in [6.45, 7) is 1.78. The molecule has 1 rings (SSSR count). The lowest BCUT2D eigenvalue weighted by atomic mass is 9.97. The van der Waals surface area contributed by atoms with Gasteiger partial charge in [-0.1, -0.05) is 6.07 Å². The van der Waals surface area contributed by atoms with E-state index in [1.165, 1.54) is 5.56 Å². The molecule has 3 nitrogen and oxygen atoms in total. The van der Waals surface area contributed by atoms with E-state index < -0.39 is 0 Å². The quantitative estimate of drug-likeness (QED) is 0.703. The third-order valence-corrected chi connectivity index (χ3v) is 2.38. The van der Waals surface area contributed by atoms with E-state index in [-0.39, 0.29) is 0 Å². The highest BCUT2D eigenvalue weighted by atomic mass is 14.8. The Hall–Kier alpha value is -0.930. The van der Waals surface area contributed by atoms with Gasteiger partial charge in [0.25, 0.3) is 0 Å². The van der Waals surface area contributed by atoms with Crippen LogP contribution in [0.3, 0.4) is 0 Å². The van der Waals surface area contributed by atoms with Crippen LogP contribution in [0, 0.1) is 5.92 Å². The molecule has 1 heterocycles. The minimum Gasteiger partial charge on any atom is -0.330 e. The first-order valence-electron chi connectivity index (χ1n) is 5.10. The van der Waals surface area contributed by atoms with Crippen LogP contribution in [0.25, 0.3) is 0 Å². The molecular formula is C11H19N3. The minimum absolute atomic E-state index is 0.562. The second kappa shape index (κ2) is 6.51. The molecule has 3 N–H and O–H groups in total. The number of hydrogen-bond donors (Lipinski definition) is 2. The van der Waals surface area contributed by atoms with E-state index in [0.29, 0.717) is 5.92 Å². The van der Waals surface area contributed by atoms with Gasteiger partial charge in [0, 0.05) is 12.4 Å². The van der Waals surface area contributed by atoms with Gasteiger partial charge in [0.1, 0.15) is 0 Å². The average Bonchev–Trinajstić information content (AvgIpc) is 2.25. The summed E-state index contributed by atoms with van der Waals surface area (Å²) in [6.07, 6.45) is 5.88. The molecule has 1 unspecified atom stereocenters. The van der Waals surface area contributed by atoms with Gasteiger partial charge < -0.3 is 11.1 Å². The first-order valence-corrected chi connectivity index (χ1v) is 5.10. The fourth-order valence-electron chi connectivity index (χ4n) is 1.50. The average molecular weight is 193 g/mol. The first kappa shape index (κ1) is 11.1. The van der Waals surface area contributed by atoms with Gasteiger partial charge in [-0.25, -0.2) is 0 Å². The lowest BCUT2D eigenvalue weighted by molar-refractivity contribution is 0.482. The Bertz CT molecular complexity index is 236. The van der Waals surface area contributed by atoms with Crippen LogP contribution in [0.15, 0.2) is 24.5 Å². The summed E-state index contributed by atoms with van der Waals surface area (Å²) in [7, 11) is 1.97. The summed E-state index contributed by atoms with van der Waals surface area (Å²) < 4.78 is 0. The van der Waals surface area contributed by atoms with Crippen LogP contribution >= 0.6 is 0 Å². The normalized spacial score (nSPS) is 12.7. The number of nitrogens with two attached hydrogens (primary N) is 1. The van der Waals surface area contributed by atoms with Crippen molar-refractivity contribution < 1.29 is 0 Å². The van der Waals surface area contributed by atoms with Crippen molar-refractivity contribution in [3.63, 3.8) is 0 Å². The van der Waals surface area contributed by atoms with Crippen LogP contribution in [0.5, 0.6) is 0 Å². The molecule has 1 aromatic heterocycles. The first-order chi connectivity index (χ1) is 6.86. The van der Waals surface area contributed by atoms with Crippen molar-refractivity contribution in [2.45, 2.75) is 12.8 Å². The highest BCUT2D eigenvalue weighted by molar-refractivity contribution is 5.09. The Morgan fingerprint density at radius 3 is 3.00 bits per heavy atom. The van der Waals surface area contributed by atoms with Crippen LogP contribution in [-0.2, 0) is 6.42 Å². The predicted molar refractivity (Wildman–Crippen MR) is 59.0 cm³/mol. The summed E-state index contributed by atoms with van der Waals surface area (Å²) in [4.78, 5) is 4.10. The molecular weight excluding hydrogens is 174 g/mol. The zero-order chi connectivity index (χ0) is 10.2. The lowest BCUT2D eigenvalue weighted by Gasteiger charge is -2.13. The number of nitrogens with one attached hydrogen (secondary N) is 1. The van der Waals surface area contributed by atoms with Crippen LogP contribution in [0.4, 0.5) is 0 Å². The van der Waals surface area contributed by atoms with Gasteiger partial charge in [0.15, 0.2) is 0 Å². The molecule has 78 valence electrons. The monoisotopic (exact) mass is 193 g/mol. The molecule has 0 aromatic carbocycles. The summed E-state index contributed by atoms with van der Waals surface area (Å²) in [6, 6.07) is 4.08. The molecule has 0 spiro atoms. The zero-order valence-electron chi connectivity index (χ0n) is 8.74. The van der Waals surface area contributed by atoms with Crippen LogP contribution in [0.2, 0.25) is 0 Å². The minimum atomic E-state index is 0.562. The largest absolute Gasteiger partial charge is 0.330 e. The van der Waals surface area contributed by atoms with Crippen molar-refractivity contribution in [1.82, 2.24) is 10.3 Å². The number of aromatic nitrogens is 1. The molecule has 0 saturated carbocycles. The third kappa shape index (κ3) is 3.85. The van der Waals surface area contributed by atoms with E-state index >= 15 is 0 Å². The number of pyridine rings is 1. The fourth-order valence-corrected chi connectivity index (χ4v) is 1.50. The Kier molecular flexibility index (Phi) is 5.19. The van der Waals surface area contributed by atoms with E-state index in [9.17, 15) is 0 Å². The van der Waals surface area contributed by atoms with Crippen molar-refractivity contribution in [3.8, 4) is 0 Å². The maximum Gasteiger partial charge on any atom is 0.0299 e. The van der Waals surface area contributed by atoms with Crippen LogP contribution < -0.4 is 11.1 Å². The van der Waals surface area contributed by atoms with Gasteiger partial charge in [-0.2, -0.15) is 0 Å². The highest BCUT2D eigenvalue weighted by Crippen LogP contribution is 2.09. The summed E-state index contributed by atoms with van der Waals surface area (Å²) >= 11 is 0. The molecule has 0 radical (unpaired) electrons. The van der Waals surface area contributed by atoms with Crippen molar-refractivity contribution in [1.29, 1.82) is 0 Å². The third-order valence-electron chi connectivity index (χ3n) is 2.38. The van der Waals surface area contributed by atoms with Crippen LogP contribution in [-0.4, -0.2) is 25.1 Å². The maximum atomic E-state index is 5.71. The maximum absolute atomic E-state index is 5.71. The summed E-state index contributed by atoms with van der Waals surface area (Å²) in [5.41, 5.74) is 6.99. The molecule has 0 aliphatic heterocycles. The van der Waals surface area contributed by atoms with E-state index in [1.54, 1.807) is 6.20 Å². The molecule has 0 aliphatic rings. The Morgan fingerprint density at radius 1 is 1.57 bits per heavy atom. The van der Waals surface area contributed by atoms with Gasteiger partial charge in [-0.3, -0.25) is 4.98 Å². The molecule has 3 heteroatoms. The van der Waals surface area contributed by atoms with Gasteiger partial charge in [-0.15, -0.1) is 0 Å². The van der Waals surface area contributed by atoms with Gasteiger partial charge in [-0.05, 0) is 50.5 Å². The molecule has 0 amide bonds. The second-order valence-corrected chi connectivity index (χ2v) is 3.56. The van der Waals surface area contributed by atoms with Gasteiger partial charge >= 0.3 is 0 Å². The molecule has 0 fully saturated rings. The molecule has 0 aliphatic carbocycles. The van der Waals surface area contributed by atoms with Crippen LogP contribution in [0.1, 0.15) is 12.0 Å². The number of rotatable bonds is 6. The number of hydrogen-bond acceptors (Lipinski definition) is 3. The standard InChI is InChI=1S/C11H19N3/c1-13-6-4-10(8-12)7-11-3-2-5-14-9-11/h2-3,5,9-10,13H,4,6-8,12H2,1H3. The van der Waals surface area contributed by atoms with Gasteiger partial charge in [0.05, 0.1) is 0 Å².